The number of nitrogens with zero attached hydrogens (tertiary/aromatic N) is 5. The van der Waals surface area contributed by atoms with Crippen molar-refractivity contribution in [1.29, 1.82) is 0 Å². The molecule has 1 aliphatic rings. The summed E-state index contributed by atoms with van der Waals surface area (Å²) >= 11 is 0. The maximum Gasteiger partial charge on any atom is 0.241 e. The van der Waals surface area contributed by atoms with Gasteiger partial charge in [-0.2, -0.15) is 0 Å². The van der Waals surface area contributed by atoms with E-state index in [-0.39, 0.29) is 12.5 Å². The van der Waals surface area contributed by atoms with Crippen molar-refractivity contribution in [2.45, 2.75) is 13.0 Å². The van der Waals surface area contributed by atoms with Crippen LogP contribution in [-0.4, -0.2) is 101 Å². The molecule has 0 atom stereocenters. The van der Waals surface area contributed by atoms with E-state index in [0.717, 1.165) is 57.3 Å². The van der Waals surface area contributed by atoms with E-state index in [2.05, 4.69) is 25.5 Å². The molecule has 1 fully saturated rings. The molecular weight excluding hydrogens is 370 g/mol. The van der Waals surface area contributed by atoms with Gasteiger partial charge in [0.1, 0.15) is 5.82 Å². The summed E-state index contributed by atoms with van der Waals surface area (Å²) in [6.45, 7) is 6.05. The summed E-state index contributed by atoms with van der Waals surface area (Å²) in [4.78, 5) is 27.1. The second-order valence-corrected chi connectivity index (χ2v) is 7.42. The van der Waals surface area contributed by atoms with Crippen LogP contribution in [-0.2, 0) is 16.1 Å². The minimum atomic E-state index is 0.000506. The third-order valence-electron chi connectivity index (χ3n) is 4.60. The zero-order valence-corrected chi connectivity index (χ0v) is 18.1. The van der Waals surface area contributed by atoms with Gasteiger partial charge in [0.2, 0.25) is 5.91 Å². The van der Waals surface area contributed by atoms with Crippen LogP contribution in [0.4, 0.5) is 5.82 Å². The lowest BCUT2D eigenvalue weighted by Crippen LogP contribution is -2.44. The second kappa shape index (κ2) is 12.2. The van der Waals surface area contributed by atoms with Crippen molar-refractivity contribution in [3.05, 3.63) is 23.9 Å². The first-order valence-electron chi connectivity index (χ1n) is 10.1. The molecule has 162 valence electrons. The normalized spacial score (nSPS) is 15.1. The first kappa shape index (κ1) is 22.9. The van der Waals surface area contributed by atoms with Crippen molar-refractivity contribution in [2.24, 2.45) is 4.99 Å². The lowest BCUT2D eigenvalue weighted by Gasteiger charge is -2.26. The smallest absolute Gasteiger partial charge is 0.241 e. The average Bonchev–Trinajstić information content (AvgIpc) is 2.73. The topological polar surface area (TPSA) is 85.3 Å². The number of nitrogens with one attached hydrogen (secondary N) is 2. The molecule has 9 heteroatoms. The molecule has 29 heavy (non-hydrogen) atoms. The van der Waals surface area contributed by atoms with Crippen molar-refractivity contribution >= 4 is 17.7 Å². The monoisotopic (exact) mass is 405 g/mol. The first-order chi connectivity index (χ1) is 14.0. The van der Waals surface area contributed by atoms with E-state index in [4.69, 9.17) is 4.74 Å². The quantitative estimate of drug-likeness (QED) is 0.340. The number of anilines is 1. The summed E-state index contributed by atoms with van der Waals surface area (Å²) in [5.74, 6) is 1.52. The minimum absolute atomic E-state index is 0.000506. The summed E-state index contributed by atoms with van der Waals surface area (Å²) in [6.07, 6.45) is 0.997. The minimum Gasteiger partial charge on any atom is -0.379 e. The van der Waals surface area contributed by atoms with Crippen LogP contribution in [0.15, 0.2) is 23.2 Å². The maximum absolute atomic E-state index is 11.9. The van der Waals surface area contributed by atoms with Crippen LogP contribution in [0.2, 0.25) is 0 Å². The molecule has 2 N–H and O–H groups in total. The van der Waals surface area contributed by atoms with Gasteiger partial charge in [0.15, 0.2) is 5.96 Å². The number of guanidine groups is 1. The van der Waals surface area contributed by atoms with E-state index in [1.807, 2.05) is 37.2 Å². The molecule has 0 spiro atoms. The fraction of sp³-hybridized carbons (Fsp3) is 0.650. The molecular formula is C20H35N7O2. The maximum atomic E-state index is 11.9. The van der Waals surface area contributed by atoms with Gasteiger partial charge in [-0.3, -0.25) is 9.69 Å². The molecule has 1 aliphatic heterocycles. The standard InChI is InChI=1S/C20H35N7O2/c1-25(2)18-8-5-7-17(24-18)15-22-20(23-16-19(28)26(3)4)21-9-6-10-27-11-13-29-14-12-27/h5,7-8H,6,9-16H2,1-4H3,(H2,21,22,23). The van der Waals surface area contributed by atoms with E-state index in [1.54, 1.807) is 19.0 Å². The third kappa shape index (κ3) is 8.66. The lowest BCUT2D eigenvalue weighted by atomic mass is 10.3. The Kier molecular flexibility index (Phi) is 9.66. The van der Waals surface area contributed by atoms with Crippen molar-refractivity contribution in [3.8, 4) is 0 Å². The highest BCUT2D eigenvalue weighted by atomic mass is 16.5. The fourth-order valence-corrected chi connectivity index (χ4v) is 2.79. The van der Waals surface area contributed by atoms with Crippen molar-refractivity contribution in [3.63, 3.8) is 0 Å². The Morgan fingerprint density at radius 1 is 1.21 bits per heavy atom. The van der Waals surface area contributed by atoms with Crippen LogP contribution < -0.4 is 15.5 Å². The van der Waals surface area contributed by atoms with E-state index in [9.17, 15) is 4.79 Å². The van der Waals surface area contributed by atoms with Crippen LogP contribution in [0.5, 0.6) is 0 Å². The number of carbonyl (C=O) groups is 1. The number of aliphatic imine (C=N–C) groups is 1. The Hall–Kier alpha value is -2.39. The van der Waals surface area contributed by atoms with Gasteiger partial charge < -0.3 is 25.2 Å². The van der Waals surface area contributed by atoms with Crippen LogP contribution in [0.25, 0.3) is 0 Å². The molecule has 0 aromatic carbocycles. The number of morpholine rings is 1. The molecule has 1 aromatic rings. The summed E-state index contributed by atoms with van der Waals surface area (Å²) < 4.78 is 5.38. The van der Waals surface area contributed by atoms with E-state index in [0.29, 0.717) is 12.5 Å². The number of amides is 1. The Morgan fingerprint density at radius 3 is 2.66 bits per heavy atom. The number of aromatic nitrogens is 1. The number of likely N-dealkylation sites (N-methyl/N-ethyl adjacent to an activating group) is 1. The number of ether oxygens (including phenoxy) is 1. The number of pyridine rings is 1. The molecule has 0 aliphatic carbocycles. The zero-order chi connectivity index (χ0) is 21.1. The Morgan fingerprint density at radius 2 is 1.97 bits per heavy atom. The third-order valence-corrected chi connectivity index (χ3v) is 4.60. The van der Waals surface area contributed by atoms with Gasteiger partial charge in [-0.25, -0.2) is 9.98 Å². The average molecular weight is 406 g/mol. The molecule has 0 unspecified atom stereocenters. The van der Waals surface area contributed by atoms with E-state index in [1.165, 1.54) is 0 Å². The molecule has 1 aromatic heterocycles. The van der Waals surface area contributed by atoms with Gasteiger partial charge in [-0.1, -0.05) is 6.07 Å². The van der Waals surface area contributed by atoms with Gasteiger partial charge in [0.05, 0.1) is 32.0 Å². The summed E-state index contributed by atoms with van der Waals surface area (Å²) in [5, 5.41) is 6.46. The van der Waals surface area contributed by atoms with Gasteiger partial charge in [-0.15, -0.1) is 0 Å². The molecule has 9 nitrogen and oxygen atoms in total. The predicted molar refractivity (Wildman–Crippen MR) is 116 cm³/mol. The van der Waals surface area contributed by atoms with Crippen LogP contribution in [0.3, 0.4) is 0 Å². The number of rotatable bonds is 9. The Balaban J connectivity index is 1.89. The van der Waals surface area contributed by atoms with E-state index >= 15 is 0 Å². The van der Waals surface area contributed by atoms with Crippen LogP contribution in [0.1, 0.15) is 12.1 Å². The van der Waals surface area contributed by atoms with Crippen molar-refractivity contribution in [1.82, 2.24) is 25.4 Å². The number of hydrogen-bond acceptors (Lipinski definition) is 6. The summed E-state index contributed by atoms with van der Waals surface area (Å²) in [5.41, 5.74) is 0.879. The highest BCUT2D eigenvalue weighted by Gasteiger charge is 2.10. The second-order valence-electron chi connectivity index (χ2n) is 7.42. The van der Waals surface area contributed by atoms with Gasteiger partial charge in [0.25, 0.3) is 0 Å². The van der Waals surface area contributed by atoms with Gasteiger partial charge in [0, 0.05) is 47.8 Å². The Bertz CT molecular complexity index is 658. The lowest BCUT2D eigenvalue weighted by molar-refractivity contribution is -0.127. The van der Waals surface area contributed by atoms with Crippen LogP contribution >= 0.6 is 0 Å². The van der Waals surface area contributed by atoms with Gasteiger partial charge in [-0.05, 0) is 25.1 Å². The summed E-state index contributed by atoms with van der Waals surface area (Å²) in [7, 11) is 7.41. The highest BCUT2D eigenvalue weighted by molar-refractivity contribution is 5.86. The molecule has 2 rings (SSSR count). The highest BCUT2D eigenvalue weighted by Crippen LogP contribution is 2.08. The van der Waals surface area contributed by atoms with Crippen LogP contribution in [0, 0.1) is 0 Å². The predicted octanol–water partition coefficient (Wildman–Crippen LogP) is -0.00670. The SMILES string of the molecule is CN(C)C(=O)CNC(=NCc1cccc(N(C)C)n1)NCCCN1CCOCC1. The largest absolute Gasteiger partial charge is 0.379 e. The fourth-order valence-electron chi connectivity index (χ4n) is 2.79. The Labute approximate surface area is 174 Å². The van der Waals surface area contributed by atoms with Crippen molar-refractivity contribution < 1.29 is 9.53 Å². The zero-order valence-electron chi connectivity index (χ0n) is 18.1. The molecule has 0 radical (unpaired) electrons. The number of carbonyl (C=O) groups excluding carboxylic acids is 1. The summed E-state index contributed by atoms with van der Waals surface area (Å²) in [6, 6.07) is 5.90. The molecule has 0 bridgehead atoms. The van der Waals surface area contributed by atoms with E-state index < -0.39 is 0 Å². The molecule has 0 saturated carbocycles. The van der Waals surface area contributed by atoms with Crippen molar-refractivity contribution in [2.75, 3.05) is 79.0 Å². The first-order valence-corrected chi connectivity index (χ1v) is 10.1. The molecule has 2 heterocycles. The molecule has 1 saturated heterocycles. The number of hydrogen-bond donors (Lipinski definition) is 2. The van der Waals surface area contributed by atoms with Gasteiger partial charge >= 0.3 is 0 Å². The molecule has 1 amide bonds.